The number of benzene rings is 2. The lowest BCUT2D eigenvalue weighted by Gasteiger charge is -1.96. The highest BCUT2D eigenvalue weighted by molar-refractivity contribution is 7.26. The first-order valence-electron chi connectivity index (χ1n) is 7.03. The van der Waals surface area contributed by atoms with Gasteiger partial charge < -0.3 is 5.73 Å². The fourth-order valence-electron chi connectivity index (χ4n) is 2.47. The van der Waals surface area contributed by atoms with E-state index in [-0.39, 0.29) is 0 Å². The van der Waals surface area contributed by atoms with Gasteiger partial charge in [0, 0.05) is 4.88 Å². The van der Waals surface area contributed by atoms with Gasteiger partial charge in [-0.2, -0.15) is 0 Å². The minimum Gasteiger partial charge on any atom is -0.397 e. The minimum atomic E-state index is 0.753. The standard InChI is InChI=1S/C18H14N2S2/c1-11-7-8-13(19)16-17(11)22-18(20-16)15-10-9-14(21-15)12-5-3-2-4-6-12/h2-10H,19H2,1H3. The number of aryl methyl sites for hydroxylation is 1. The van der Waals surface area contributed by atoms with E-state index >= 15 is 0 Å². The Morgan fingerprint density at radius 3 is 2.41 bits per heavy atom. The highest BCUT2D eigenvalue weighted by Crippen LogP contribution is 2.39. The predicted octanol–water partition coefficient (Wildman–Crippen LogP) is 5.58. The van der Waals surface area contributed by atoms with Crippen molar-refractivity contribution in [3.8, 4) is 20.3 Å². The molecule has 22 heavy (non-hydrogen) atoms. The molecule has 4 aromatic rings. The second kappa shape index (κ2) is 5.23. The van der Waals surface area contributed by atoms with E-state index in [1.807, 2.05) is 12.1 Å². The van der Waals surface area contributed by atoms with Crippen LogP contribution in [0.5, 0.6) is 0 Å². The van der Waals surface area contributed by atoms with E-state index in [2.05, 4.69) is 49.4 Å². The molecular formula is C18H14N2S2. The van der Waals surface area contributed by atoms with Crippen molar-refractivity contribution in [2.24, 2.45) is 0 Å². The van der Waals surface area contributed by atoms with Gasteiger partial charge in [-0.1, -0.05) is 36.4 Å². The summed E-state index contributed by atoms with van der Waals surface area (Å²) in [7, 11) is 0. The van der Waals surface area contributed by atoms with Crippen LogP contribution in [0.4, 0.5) is 5.69 Å². The highest BCUT2D eigenvalue weighted by atomic mass is 32.1. The van der Waals surface area contributed by atoms with Gasteiger partial charge in [0.15, 0.2) is 0 Å². The van der Waals surface area contributed by atoms with Gasteiger partial charge in [0.25, 0.3) is 0 Å². The number of nitrogens with zero attached hydrogens (tertiary/aromatic N) is 1. The monoisotopic (exact) mass is 322 g/mol. The van der Waals surface area contributed by atoms with Crippen molar-refractivity contribution in [2.45, 2.75) is 6.92 Å². The third kappa shape index (κ3) is 2.21. The van der Waals surface area contributed by atoms with Crippen molar-refractivity contribution < 1.29 is 0 Å². The lowest BCUT2D eigenvalue weighted by Crippen LogP contribution is -1.86. The van der Waals surface area contributed by atoms with Crippen LogP contribution in [0.1, 0.15) is 5.56 Å². The van der Waals surface area contributed by atoms with Crippen LogP contribution in [0.15, 0.2) is 54.6 Å². The Labute approximate surface area is 136 Å². The average molecular weight is 322 g/mol. The summed E-state index contributed by atoms with van der Waals surface area (Å²) >= 11 is 3.49. The van der Waals surface area contributed by atoms with Gasteiger partial charge in [-0.3, -0.25) is 0 Å². The molecule has 0 saturated heterocycles. The van der Waals surface area contributed by atoms with Gasteiger partial charge >= 0.3 is 0 Å². The number of thiazole rings is 1. The molecule has 0 radical (unpaired) electrons. The van der Waals surface area contributed by atoms with E-state index in [0.29, 0.717) is 0 Å². The number of thiophene rings is 1. The third-order valence-corrected chi connectivity index (χ3v) is 6.14. The summed E-state index contributed by atoms with van der Waals surface area (Å²) in [4.78, 5) is 7.21. The first kappa shape index (κ1) is 13.5. The summed E-state index contributed by atoms with van der Waals surface area (Å²) in [5.41, 5.74) is 10.2. The number of aromatic nitrogens is 1. The van der Waals surface area contributed by atoms with E-state index in [1.54, 1.807) is 22.7 Å². The fourth-order valence-corrected chi connectivity index (χ4v) is 4.60. The van der Waals surface area contributed by atoms with E-state index in [4.69, 9.17) is 10.7 Å². The van der Waals surface area contributed by atoms with Crippen LogP contribution >= 0.6 is 22.7 Å². The molecule has 0 amide bonds. The molecule has 0 unspecified atom stereocenters. The molecule has 2 aromatic carbocycles. The van der Waals surface area contributed by atoms with Gasteiger partial charge in [0.2, 0.25) is 0 Å². The van der Waals surface area contributed by atoms with Gasteiger partial charge in [0.05, 0.1) is 15.3 Å². The molecule has 2 aromatic heterocycles. The van der Waals surface area contributed by atoms with Crippen LogP contribution in [-0.2, 0) is 0 Å². The maximum atomic E-state index is 6.06. The Bertz CT molecular complexity index is 913. The van der Waals surface area contributed by atoms with Crippen LogP contribution in [0.3, 0.4) is 0 Å². The zero-order valence-corrected chi connectivity index (χ0v) is 13.7. The molecule has 108 valence electrons. The first-order chi connectivity index (χ1) is 10.7. The second-order valence-corrected chi connectivity index (χ2v) is 7.28. The number of anilines is 1. The molecule has 0 fully saturated rings. The molecule has 2 heterocycles. The number of hydrogen-bond acceptors (Lipinski definition) is 4. The Morgan fingerprint density at radius 1 is 0.864 bits per heavy atom. The molecule has 4 heteroatoms. The molecule has 2 N–H and O–H groups in total. The molecule has 0 spiro atoms. The van der Waals surface area contributed by atoms with Gasteiger partial charge in [0.1, 0.15) is 10.5 Å². The van der Waals surface area contributed by atoms with E-state index in [1.165, 1.54) is 25.6 Å². The van der Waals surface area contributed by atoms with Crippen LogP contribution in [0.25, 0.3) is 30.5 Å². The normalized spacial score (nSPS) is 11.1. The zero-order chi connectivity index (χ0) is 15.1. The van der Waals surface area contributed by atoms with Crippen LogP contribution < -0.4 is 5.73 Å². The van der Waals surface area contributed by atoms with E-state index < -0.39 is 0 Å². The molecule has 4 rings (SSSR count). The fraction of sp³-hybridized carbons (Fsp3) is 0.0556. The molecule has 0 bridgehead atoms. The van der Waals surface area contributed by atoms with Crippen molar-refractivity contribution in [1.82, 2.24) is 4.98 Å². The van der Waals surface area contributed by atoms with Crippen molar-refractivity contribution >= 4 is 38.6 Å². The zero-order valence-electron chi connectivity index (χ0n) is 12.0. The quantitative estimate of drug-likeness (QED) is 0.489. The van der Waals surface area contributed by atoms with Crippen molar-refractivity contribution in [3.05, 3.63) is 60.2 Å². The second-order valence-electron chi connectivity index (χ2n) is 5.20. The van der Waals surface area contributed by atoms with Crippen LogP contribution in [-0.4, -0.2) is 4.98 Å². The maximum absolute atomic E-state index is 6.06. The lowest BCUT2D eigenvalue weighted by atomic mass is 10.2. The van der Waals surface area contributed by atoms with Crippen molar-refractivity contribution in [1.29, 1.82) is 0 Å². The smallest absolute Gasteiger partial charge is 0.134 e. The summed E-state index contributed by atoms with van der Waals surface area (Å²) in [5.74, 6) is 0. The molecule has 0 saturated carbocycles. The number of hydrogen-bond donors (Lipinski definition) is 1. The largest absolute Gasteiger partial charge is 0.397 e. The minimum absolute atomic E-state index is 0.753. The van der Waals surface area contributed by atoms with Gasteiger partial charge in [-0.15, -0.1) is 22.7 Å². The Kier molecular flexibility index (Phi) is 3.21. The van der Waals surface area contributed by atoms with Gasteiger partial charge in [-0.25, -0.2) is 4.98 Å². The number of nitrogens with two attached hydrogens (primary N) is 1. The van der Waals surface area contributed by atoms with Crippen LogP contribution in [0, 0.1) is 6.92 Å². The maximum Gasteiger partial charge on any atom is 0.134 e. The topological polar surface area (TPSA) is 38.9 Å². The van der Waals surface area contributed by atoms with Crippen molar-refractivity contribution in [3.63, 3.8) is 0 Å². The Balaban J connectivity index is 1.82. The van der Waals surface area contributed by atoms with Gasteiger partial charge in [-0.05, 0) is 36.2 Å². The molecule has 2 nitrogen and oxygen atoms in total. The summed E-state index contributed by atoms with van der Waals surface area (Å²) < 4.78 is 1.18. The SMILES string of the molecule is Cc1ccc(N)c2nc(-c3ccc(-c4ccccc4)s3)sc12. The van der Waals surface area contributed by atoms with Crippen molar-refractivity contribution in [2.75, 3.05) is 5.73 Å². The third-order valence-electron chi connectivity index (χ3n) is 3.65. The first-order valence-corrected chi connectivity index (χ1v) is 8.67. The number of fused-ring (bicyclic) bond motifs is 1. The summed E-state index contributed by atoms with van der Waals surface area (Å²) in [6, 6.07) is 18.7. The average Bonchev–Trinajstić information content (AvgIpc) is 3.19. The molecule has 0 atom stereocenters. The van der Waals surface area contributed by atoms with E-state index in [9.17, 15) is 0 Å². The lowest BCUT2D eigenvalue weighted by molar-refractivity contribution is 1.48. The number of rotatable bonds is 2. The summed E-state index contributed by atoms with van der Waals surface area (Å²) in [5, 5.41) is 1.04. The molecule has 0 aliphatic carbocycles. The Hall–Kier alpha value is -2.17. The summed E-state index contributed by atoms with van der Waals surface area (Å²) in [6.07, 6.45) is 0. The van der Waals surface area contributed by atoms with Crippen LogP contribution in [0.2, 0.25) is 0 Å². The molecular weight excluding hydrogens is 308 g/mol. The predicted molar refractivity (Wildman–Crippen MR) is 97.5 cm³/mol. The number of nitrogen functional groups attached to an aromatic ring is 1. The molecule has 0 aliphatic heterocycles. The Morgan fingerprint density at radius 2 is 1.64 bits per heavy atom. The highest BCUT2D eigenvalue weighted by Gasteiger charge is 2.12. The van der Waals surface area contributed by atoms with E-state index in [0.717, 1.165) is 16.2 Å². The molecule has 0 aliphatic rings. The summed E-state index contributed by atoms with van der Waals surface area (Å²) in [6.45, 7) is 2.10.